The van der Waals surface area contributed by atoms with Crippen LogP contribution < -0.4 is 10.9 Å². The summed E-state index contributed by atoms with van der Waals surface area (Å²) in [5.74, 6) is 0.866. The quantitative estimate of drug-likeness (QED) is 0.925. The highest BCUT2D eigenvalue weighted by Crippen LogP contribution is 2.20. The van der Waals surface area contributed by atoms with E-state index in [0.29, 0.717) is 6.54 Å². The first-order chi connectivity index (χ1) is 9.78. The Balaban J connectivity index is 1.94. The van der Waals surface area contributed by atoms with Crippen molar-refractivity contribution in [3.05, 3.63) is 57.6 Å². The summed E-state index contributed by atoms with van der Waals surface area (Å²) in [4.78, 5) is 16.4. The number of aromatic nitrogens is 2. The zero-order valence-electron chi connectivity index (χ0n) is 11.7. The summed E-state index contributed by atoms with van der Waals surface area (Å²) >= 11 is 0. The van der Waals surface area contributed by atoms with E-state index in [-0.39, 0.29) is 5.56 Å². The van der Waals surface area contributed by atoms with Crippen LogP contribution in [0.3, 0.4) is 0 Å². The zero-order chi connectivity index (χ0) is 13.9. The van der Waals surface area contributed by atoms with Gasteiger partial charge >= 0.3 is 0 Å². The molecule has 0 amide bonds. The fourth-order valence-electron chi connectivity index (χ4n) is 2.84. The zero-order valence-corrected chi connectivity index (χ0v) is 11.7. The van der Waals surface area contributed by atoms with Gasteiger partial charge in [0.2, 0.25) is 0 Å². The first-order valence-corrected chi connectivity index (χ1v) is 7.18. The van der Waals surface area contributed by atoms with Crippen molar-refractivity contribution in [3.8, 4) is 0 Å². The number of hydrogen-bond acceptors (Lipinski definition) is 3. The number of rotatable bonds is 4. The molecule has 0 bridgehead atoms. The maximum Gasteiger partial charge on any atom is 0.251 e. The summed E-state index contributed by atoms with van der Waals surface area (Å²) in [6.07, 6.45) is 5.05. The lowest BCUT2D eigenvalue weighted by Gasteiger charge is -2.12. The molecule has 104 valence electrons. The third kappa shape index (κ3) is 2.46. The molecule has 1 aliphatic rings. The molecule has 0 aromatic carbocycles. The molecule has 4 nitrogen and oxygen atoms in total. The van der Waals surface area contributed by atoms with Gasteiger partial charge in [0, 0.05) is 24.5 Å². The van der Waals surface area contributed by atoms with Crippen LogP contribution in [0, 0.1) is 0 Å². The van der Waals surface area contributed by atoms with Crippen LogP contribution in [0.2, 0.25) is 0 Å². The normalized spacial score (nSPS) is 13.2. The molecule has 0 saturated carbocycles. The molecule has 2 aromatic rings. The Morgan fingerprint density at radius 3 is 3.05 bits per heavy atom. The largest absolute Gasteiger partial charge is 0.370 e. The highest BCUT2D eigenvalue weighted by atomic mass is 16.1. The Morgan fingerprint density at radius 1 is 1.30 bits per heavy atom. The molecule has 0 unspecified atom stereocenters. The molecule has 2 aromatic heterocycles. The van der Waals surface area contributed by atoms with E-state index in [1.165, 1.54) is 11.3 Å². The maximum absolute atomic E-state index is 12.1. The van der Waals surface area contributed by atoms with Gasteiger partial charge in [0.1, 0.15) is 5.82 Å². The SMILES string of the molecule is CCNc1cc(Cn2c3c(ccc2=O)CCC3)ccn1. The molecule has 3 rings (SSSR count). The van der Waals surface area contributed by atoms with Crippen LogP contribution in [0.1, 0.15) is 30.2 Å². The van der Waals surface area contributed by atoms with Crippen LogP contribution in [0.15, 0.2) is 35.3 Å². The molecule has 2 heterocycles. The number of anilines is 1. The highest BCUT2D eigenvalue weighted by Gasteiger charge is 2.15. The lowest BCUT2D eigenvalue weighted by atomic mass is 10.2. The molecule has 0 atom stereocenters. The molecular weight excluding hydrogens is 250 g/mol. The topological polar surface area (TPSA) is 46.9 Å². The fraction of sp³-hybridized carbons (Fsp3) is 0.375. The Hall–Kier alpha value is -2.10. The van der Waals surface area contributed by atoms with Crippen molar-refractivity contribution in [1.82, 2.24) is 9.55 Å². The van der Waals surface area contributed by atoms with Crippen LogP contribution in [0.5, 0.6) is 0 Å². The van der Waals surface area contributed by atoms with E-state index in [1.54, 1.807) is 12.3 Å². The first-order valence-electron chi connectivity index (χ1n) is 7.18. The number of pyridine rings is 2. The van der Waals surface area contributed by atoms with Crippen molar-refractivity contribution in [2.45, 2.75) is 32.7 Å². The number of fused-ring (bicyclic) bond motifs is 1. The van der Waals surface area contributed by atoms with Crippen molar-refractivity contribution < 1.29 is 0 Å². The molecule has 4 heteroatoms. The summed E-state index contributed by atoms with van der Waals surface area (Å²) in [7, 11) is 0. The van der Waals surface area contributed by atoms with Gasteiger partial charge in [-0.3, -0.25) is 4.79 Å². The predicted octanol–water partition coefficient (Wildman–Crippen LogP) is 2.21. The van der Waals surface area contributed by atoms with E-state index in [2.05, 4.69) is 10.3 Å². The minimum Gasteiger partial charge on any atom is -0.370 e. The third-order valence-corrected chi connectivity index (χ3v) is 3.77. The molecule has 0 radical (unpaired) electrons. The van der Waals surface area contributed by atoms with Gasteiger partial charge in [-0.05, 0) is 49.4 Å². The Labute approximate surface area is 118 Å². The van der Waals surface area contributed by atoms with Crippen LogP contribution >= 0.6 is 0 Å². The maximum atomic E-state index is 12.1. The number of nitrogens with one attached hydrogen (secondary N) is 1. The molecular formula is C16H19N3O. The highest BCUT2D eigenvalue weighted by molar-refractivity contribution is 5.37. The van der Waals surface area contributed by atoms with Gasteiger partial charge in [0.25, 0.3) is 5.56 Å². The van der Waals surface area contributed by atoms with Crippen molar-refractivity contribution >= 4 is 5.82 Å². The monoisotopic (exact) mass is 269 g/mol. The molecule has 0 saturated heterocycles. The van der Waals surface area contributed by atoms with E-state index in [0.717, 1.165) is 37.2 Å². The summed E-state index contributed by atoms with van der Waals surface area (Å²) in [5.41, 5.74) is 3.73. The summed E-state index contributed by atoms with van der Waals surface area (Å²) in [6, 6.07) is 7.67. The van der Waals surface area contributed by atoms with Gasteiger partial charge < -0.3 is 9.88 Å². The van der Waals surface area contributed by atoms with E-state index < -0.39 is 0 Å². The second-order valence-electron chi connectivity index (χ2n) is 5.16. The minimum absolute atomic E-state index is 0.0902. The van der Waals surface area contributed by atoms with Gasteiger partial charge in [-0.25, -0.2) is 4.98 Å². The molecule has 20 heavy (non-hydrogen) atoms. The minimum atomic E-state index is 0.0902. The van der Waals surface area contributed by atoms with E-state index >= 15 is 0 Å². The predicted molar refractivity (Wildman–Crippen MR) is 80.2 cm³/mol. The van der Waals surface area contributed by atoms with Crippen molar-refractivity contribution in [2.24, 2.45) is 0 Å². The van der Waals surface area contributed by atoms with Gasteiger partial charge in [0.05, 0.1) is 6.54 Å². The van der Waals surface area contributed by atoms with Crippen molar-refractivity contribution in [3.63, 3.8) is 0 Å². The van der Waals surface area contributed by atoms with Gasteiger partial charge in [-0.2, -0.15) is 0 Å². The van der Waals surface area contributed by atoms with Crippen molar-refractivity contribution in [2.75, 3.05) is 11.9 Å². The lowest BCUT2D eigenvalue weighted by Crippen LogP contribution is -2.23. The first kappa shape index (κ1) is 12.9. The van der Waals surface area contributed by atoms with Crippen LogP contribution in [-0.4, -0.2) is 16.1 Å². The van der Waals surface area contributed by atoms with Crippen molar-refractivity contribution in [1.29, 1.82) is 0 Å². The Bertz CT molecular complexity index is 676. The molecule has 0 fully saturated rings. The number of nitrogens with zero attached hydrogens (tertiary/aromatic N) is 2. The number of hydrogen-bond donors (Lipinski definition) is 1. The van der Waals surface area contributed by atoms with E-state index in [1.807, 2.05) is 29.7 Å². The second kappa shape index (κ2) is 5.49. The molecule has 0 spiro atoms. The number of aryl methyl sites for hydroxylation is 1. The lowest BCUT2D eigenvalue weighted by molar-refractivity contribution is 0.707. The molecule has 1 N–H and O–H groups in total. The summed E-state index contributed by atoms with van der Waals surface area (Å²) in [5, 5.41) is 3.20. The Morgan fingerprint density at radius 2 is 2.20 bits per heavy atom. The van der Waals surface area contributed by atoms with E-state index in [4.69, 9.17) is 0 Å². The second-order valence-corrected chi connectivity index (χ2v) is 5.16. The summed E-state index contributed by atoms with van der Waals surface area (Å²) in [6.45, 7) is 3.52. The summed E-state index contributed by atoms with van der Waals surface area (Å²) < 4.78 is 1.91. The molecule has 0 aliphatic heterocycles. The van der Waals surface area contributed by atoms with Gasteiger partial charge in [0.15, 0.2) is 0 Å². The third-order valence-electron chi connectivity index (χ3n) is 3.77. The van der Waals surface area contributed by atoms with E-state index in [9.17, 15) is 4.79 Å². The average Bonchev–Trinajstić information content (AvgIpc) is 2.91. The standard InChI is InChI=1S/C16H19N3O/c1-2-17-15-10-12(8-9-18-15)11-19-14-5-3-4-13(14)6-7-16(19)20/h6-10H,2-5,11H2,1H3,(H,17,18). The van der Waals surface area contributed by atoms with Crippen LogP contribution in [-0.2, 0) is 19.4 Å². The van der Waals surface area contributed by atoms with Gasteiger partial charge in [-0.15, -0.1) is 0 Å². The van der Waals surface area contributed by atoms with Crippen LogP contribution in [0.25, 0.3) is 0 Å². The van der Waals surface area contributed by atoms with Crippen LogP contribution in [0.4, 0.5) is 5.82 Å². The smallest absolute Gasteiger partial charge is 0.251 e. The average molecular weight is 269 g/mol. The fourth-order valence-corrected chi connectivity index (χ4v) is 2.84. The van der Waals surface area contributed by atoms with Gasteiger partial charge in [-0.1, -0.05) is 6.07 Å². The Kier molecular flexibility index (Phi) is 3.54. The molecule has 1 aliphatic carbocycles.